The van der Waals surface area contributed by atoms with Gasteiger partial charge in [0.05, 0.1) is 24.8 Å². The Kier molecular flexibility index (Phi) is 2.76. The number of nitrogens with one attached hydrogen (secondary N) is 1. The van der Waals surface area contributed by atoms with Gasteiger partial charge in [-0.25, -0.2) is 9.37 Å². The summed E-state index contributed by atoms with van der Waals surface area (Å²) in [6.45, 7) is 1.64. The van der Waals surface area contributed by atoms with Gasteiger partial charge in [-0.1, -0.05) is 0 Å². The minimum atomic E-state index is -0.269. The molecule has 1 aliphatic heterocycles. The van der Waals surface area contributed by atoms with Gasteiger partial charge in [0.15, 0.2) is 0 Å². The minimum Gasteiger partial charge on any atom is -0.497 e. The van der Waals surface area contributed by atoms with Crippen LogP contribution in [0.15, 0.2) is 24.5 Å². The summed E-state index contributed by atoms with van der Waals surface area (Å²) in [4.78, 5) is 4.32. The van der Waals surface area contributed by atoms with Gasteiger partial charge < -0.3 is 10.1 Å². The van der Waals surface area contributed by atoms with Crippen LogP contribution in [-0.4, -0.2) is 23.2 Å². The van der Waals surface area contributed by atoms with Crippen LogP contribution in [0.2, 0.25) is 0 Å². The van der Waals surface area contributed by atoms with E-state index in [2.05, 4.69) is 10.3 Å². The highest BCUT2D eigenvalue weighted by Crippen LogP contribution is 2.24. The lowest BCUT2D eigenvalue weighted by molar-refractivity contribution is 0.413. The van der Waals surface area contributed by atoms with E-state index in [-0.39, 0.29) is 5.82 Å². The smallest absolute Gasteiger partial charge is 0.147 e. The highest BCUT2D eigenvalue weighted by atomic mass is 19.1. The first-order valence-electron chi connectivity index (χ1n) is 5.89. The number of fused-ring (bicyclic) bond motifs is 1. The first kappa shape index (κ1) is 11.2. The molecule has 0 saturated heterocycles. The van der Waals surface area contributed by atoms with E-state index in [1.54, 1.807) is 25.6 Å². The average molecular weight is 247 g/mol. The highest BCUT2D eigenvalue weighted by molar-refractivity contribution is 5.43. The molecule has 94 valence electrons. The quantitative estimate of drug-likeness (QED) is 0.877. The van der Waals surface area contributed by atoms with E-state index in [1.807, 2.05) is 4.57 Å². The number of benzene rings is 1. The summed E-state index contributed by atoms with van der Waals surface area (Å²) in [6, 6.07) is 4.73. The molecule has 2 heterocycles. The Morgan fingerprint density at radius 3 is 3.17 bits per heavy atom. The zero-order valence-corrected chi connectivity index (χ0v) is 10.1. The number of methoxy groups -OCH3 is 1. The maximum absolute atomic E-state index is 13.9. The number of rotatable bonds is 2. The Balaban J connectivity index is 2.11. The Hall–Kier alpha value is -1.88. The summed E-state index contributed by atoms with van der Waals surface area (Å²) in [5.74, 6) is 0.373. The summed E-state index contributed by atoms with van der Waals surface area (Å²) >= 11 is 0. The van der Waals surface area contributed by atoms with E-state index in [1.165, 1.54) is 6.07 Å². The van der Waals surface area contributed by atoms with Crippen molar-refractivity contribution in [2.24, 2.45) is 0 Å². The predicted molar refractivity (Wildman–Crippen MR) is 65.5 cm³/mol. The van der Waals surface area contributed by atoms with E-state index in [4.69, 9.17) is 4.74 Å². The number of hydrogen-bond donors (Lipinski definition) is 1. The van der Waals surface area contributed by atoms with Gasteiger partial charge >= 0.3 is 0 Å². The molecule has 1 aromatic carbocycles. The summed E-state index contributed by atoms with van der Waals surface area (Å²) in [5, 5.41) is 3.25. The summed E-state index contributed by atoms with van der Waals surface area (Å²) < 4.78 is 20.9. The molecule has 1 aromatic heterocycles. The topological polar surface area (TPSA) is 39.1 Å². The fraction of sp³-hybridized carbons (Fsp3) is 0.308. The Bertz CT molecular complexity index is 580. The lowest BCUT2D eigenvalue weighted by Gasteiger charge is -2.16. The lowest BCUT2D eigenvalue weighted by atomic mass is 10.1. The maximum atomic E-state index is 13.9. The zero-order valence-electron chi connectivity index (χ0n) is 10.1. The van der Waals surface area contributed by atoms with Crippen molar-refractivity contribution in [3.05, 3.63) is 41.7 Å². The van der Waals surface area contributed by atoms with Gasteiger partial charge in [0, 0.05) is 31.3 Å². The average Bonchev–Trinajstić information content (AvgIpc) is 2.83. The number of imidazole rings is 1. The molecule has 0 bridgehead atoms. The molecule has 0 aliphatic carbocycles. The molecule has 18 heavy (non-hydrogen) atoms. The molecule has 0 radical (unpaired) electrons. The number of aromatic nitrogens is 2. The number of halogens is 1. The van der Waals surface area contributed by atoms with Crippen LogP contribution in [-0.2, 0) is 13.0 Å². The monoisotopic (exact) mass is 247 g/mol. The number of hydrogen-bond acceptors (Lipinski definition) is 3. The largest absolute Gasteiger partial charge is 0.497 e. The second kappa shape index (κ2) is 4.42. The molecular weight excluding hydrogens is 233 g/mol. The summed E-state index contributed by atoms with van der Waals surface area (Å²) in [7, 11) is 1.57. The minimum absolute atomic E-state index is 0.269. The van der Waals surface area contributed by atoms with E-state index in [0.29, 0.717) is 11.4 Å². The van der Waals surface area contributed by atoms with Gasteiger partial charge in [-0.05, 0) is 12.1 Å². The van der Waals surface area contributed by atoms with Crippen molar-refractivity contribution in [2.45, 2.75) is 13.0 Å². The molecular formula is C13H14FN3O. The SMILES string of the molecule is COc1ccc(F)c(-n2cnc3c2CCNC3)c1. The molecule has 0 atom stereocenters. The van der Waals surface area contributed by atoms with Crippen molar-refractivity contribution in [3.63, 3.8) is 0 Å². The van der Waals surface area contributed by atoms with Gasteiger partial charge in [0.1, 0.15) is 11.6 Å². The third kappa shape index (κ3) is 1.76. The van der Waals surface area contributed by atoms with Crippen LogP contribution in [0.4, 0.5) is 4.39 Å². The Morgan fingerprint density at radius 1 is 1.44 bits per heavy atom. The molecule has 3 rings (SSSR count). The van der Waals surface area contributed by atoms with Crippen LogP contribution >= 0.6 is 0 Å². The molecule has 0 fully saturated rings. The molecule has 0 amide bonds. The second-order valence-electron chi connectivity index (χ2n) is 4.25. The second-order valence-corrected chi connectivity index (χ2v) is 4.25. The van der Waals surface area contributed by atoms with Gasteiger partial charge in [0.25, 0.3) is 0 Å². The van der Waals surface area contributed by atoms with Crippen LogP contribution in [0, 0.1) is 5.82 Å². The van der Waals surface area contributed by atoms with Crippen LogP contribution in [0.1, 0.15) is 11.4 Å². The molecule has 0 spiro atoms. The van der Waals surface area contributed by atoms with E-state index < -0.39 is 0 Å². The van der Waals surface area contributed by atoms with Crippen LogP contribution in [0.3, 0.4) is 0 Å². The van der Waals surface area contributed by atoms with Crippen molar-refractivity contribution < 1.29 is 9.13 Å². The Morgan fingerprint density at radius 2 is 2.33 bits per heavy atom. The lowest BCUT2D eigenvalue weighted by Crippen LogP contribution is -2.24. The first-order chi connectivity index (χ1) is 8.79. The zero-order chi connectivity index (χ0) is 12.5. The fourth-order valence-electron chi connectivity index (χ4n) is 2.25. The van der Waals surface area contributed by atoms with E-state index in [9.17, 15) is 4.39 Å². The van der Waals surface area contributed by atoms with Crippen molar-refractivity contribution >= 4 is 0 Å². The molecule has 0 saturated carbocycles. The third-order valence-electron chi connectivity index (χ3n) is 3.20. The number of nitrogens with zero attached hydrogens (tertiary/aromatic N) is 2. The fourth-order valence-corrected chi connectivity index (χ4v) is 2.25. The van der Waals surface area contributed by atoms with Crippen molar-refractivity contribution in [1.29, 1.82) is 0 Å². The highest BCUT2D eigenvalue weighted by Gasteiger charge is 2.17. The molecule has 0 unspecified atom stereocenters. The van der Waals surface area contributed by atoms with Crippen molar-refractivity contribution in [3.8, 4) is 11.4 Å². The summed E-state index contributed by atoms with van der Waals surface area (Å²) in [5.41, 5.74) is 2.55. The molecule has 1 N–H and O–H groups in total. The molecule has 5 heteroatoms. The van der Waals surface area contributed by atoms with Crippen molar-refractivity contribution in [2.75, 3.05) is 13.7 Å². The van der Waals surface area contributed by atoms with Gasteiger partial charge in [-0.3, -0.25) is 4.57 Å². The predicted octanol–water partition coefficient (Wildman–Crippen LogP) is 1.67. The normalized spacial score (nSPS) is 14.3. The van der Waals surface area contributed by atoms with Crippen LogP contribution < -0.4 is 10.1 Å². The van der Waals surface area contributed by atoms with E-state index >= 15 is 0 Å². The molecule has 1 aliphatic rings. The van der Waals surface area contributed by atoms with Gasteiger partial charge in [-0.2, -0.15) is 0 Å². The van der Waals surface area contributed by atoms with Gasteiger partial charge in [-0.15, -0.1) is 0 Å². The van der Waals surface area contributed by atoms with E-state index in [0.717, 1.165) is 30.9 Å². The van der Waals surface area contributed by atoms with Crippen LogP contribution in [0.25, 0.3) is 5.69 Å². The number of ether oxygens (including phenoxy) is 1. The molecule has 2 aromatic rings. The third-order valence-corrected chi connectivity index (χ3v) is 3.20. The standard InChI is InChI=1S/C13H14FN3O/c1-18-9-2-3-10(14)13(6-9)17-8-16-11-7-15-5-4-12(11)17/h2-3,6,8,15H,4-5,7H2,1H3. The maximum Gasteiger partial charge on any atom is 0.147 e. The van der Waals surface area contributed by atoms with Crippen molar-refractivity contribution in [1.82, 2.24) is 14.9 Å². The first-order valence-corrected chi connectivity index (χ1v) is 5.89. The van der Waals surface area contributed by atoms with Crippen LogP contribution in [0.5, 0.6) is 5.75 Å². The Labute approximate surface area is 104 Å². The summed E-state index contributed by atoms with van der Waals surface area (Å²) in [6.07, 6.45) is 2.53. The molecule has 4 nitrogen and oxygen atoms in total. The van der Waals surface area contributed by atoms with Gasteiger partial charge in [0.2, 0.25) is 0 Å².